The molecule has 0 saturated heterocycles. The maximum absolute atomic E-state index is 13.0. The van der Waals surface area contributed by atoms with Crippen LogP contribution in [0.2, 0.25) is 0 Å². The highest BCUT2D eigenvalue weighted by Gasteiger charge is 2.30. The van der Waals surface area contributed by atoms with Crippen molar-refractivity contribution in [3.63, 3.8) is 0 Å². The predicted molar refractivity (Wildman–Crippen MR) is 377 cm³/mol. The van der Waals surface area contributed by atoms with Crippen LogP contribution < -0.4 is 0 Å². The summed E-state index contributed by atoms with van der Waals surface area (Å²) in [4.78, 5) is 72.6. The molecule has 0 aromatic rings. The Kier molecular flexibility index (Phi) is 62.5. The molecule has 0 aliphatic rings. The van der Waals surface area contributed by atoms with Crippen molar-refractivity contribution >= 4 is 39.5 Å². The normalized spacial score (nSPS) is 14.6. The minimum absolute atomic E-state index is 0.0836. The Hall–Kier alpha value is -2.46. The van der Waals surface area contributed by atoms with E-state index in [2.05, 4.69) is 72.8 Å². The Balaban J connectivity index is 5.25. The van der Waals surface area contributed by atoms with Crippen molar-refractivity contribution in [2.24, 2.45) is 17.8 Å². The van der Waals surface area contributed by atoms with E-state index in [4.69, 9.17) is 37.0 Å². The number of aliphatic hydroxyl groups excluding tert-OH is 1. The number of hydrogen-bond acceptors (Lipinski definition) is 15. The van der Waals surface area contributed by atoms with E-state index in [-0.39, 0.29) is 25.7 Å². The Morgan fingerprint density at radius 2 is 0.634 bits per heavy atom. The zero-order valence-electron chi connectivity index (χ0n) is 60.2. The lowest BCUT2D eigenvalue weighted by Gasteiger charge is -2.21. The number of aliphatic hydroxyl groups is 1. The molecule has 0 heterocycles. The van der Waals surface area contributed by atoms with Gasteiger partial charge in [0.15, 0.2) is 12.2 Å². The number of esters is 4. The lowest BCUT2D eigenvalue weighted by molar-refractivity contribution is -0.161. The third kappa shape index (κ3) is 66.6. The SMILES string of the molecule is CCCCCC/C=C\C=C/CCCCCCCC(=O)O[C@H](COC(=O)CCCCCCCCC(C)C)COP(=O)(O)OC[C@H](O)COP(=O)(O)OC[C@@H](COC(=O)CCCCCCCCCCC(C)C)OC(=O)CCCCCCCCCCCCCCCCC(C)CC. The molecular formula is C74H140O17P2. The highest BCUT2D eigenvalue weighted by Crippen LogP contribution is 2.45. The summed E-state index contributed by atoms with van der Waals surface area (Å²) >= 11 is 0. The molecule has 0 fully saturated rings. The summed E-state index contributed by atoms with van der Waals surface area (Å²) in [5.41, 5.74) is 0. The van der Waals surface area contributed by atoms with Gasteiger partial charge in [-0.3, -0.25) is 37.3 Å². The minimum atomic E-state index is -4.96. The van der Waals surface area contributed by atoms with E-state index in [9.17, 15) is 43.2 Å². The first-order valence-electron chi connectivity index (χ1n) is 37.7. The van der Waals surface area contributed by atoms with Gasteiger partial charge in [0.1, 0.15) is 19.3 Å². The Morgan fingerprint density at radius 3 is 0.957 bits per heavy atom. The molecule has 0 aliphatic heterocycles. The van der Waals surface area contributed by atoms with E-state index in [0.717, 1.165) is 121 Å². The van der Waals surface area contributed by atoms with Gasteiger partial charge in [0, 0.05) is 25.7 Å². The fraction of sp³-hybridized carbons (Fsp3) is 0.892. The van der Waals surface area contributed by atoms with Crippen molar-refractivity contribution in [1.82, 2.24) is 0 Å². The van der Waals surface area contributed by atoms with E-state index in [1.807, 2.05) is 0 Å². The summed E-state index contributed by atoms with van der Waals surface area (Å²) in [5, 5.41) is 10.6. The van der Waals surface area contributed by atoms with E-state index < -0.39 is 97.5 Å². The van der Waals surface area contributed by atoms with Gasteiger partial charge >= 0.3 is 39.5 Å². The number of allylic oxidation sites excluding steroid dienone is 4. The third-order valence-corrected chi connectivity index (χ3v) is 18.8. The number of hydrogen-bond donors (Lipinski definition) is 3. The molecule has 0 radical (unpaired) electrons. The molecule has 3 unspecified atom stereocenters. The highest BCUT2D eigenvalue weighted by molar-refractivity contribution is 7.47. The zero-order valence-corrected chi connectivity index (χ0v) is 62.0. The average Bonchev–Trinajstić information content (AvgIpc) is 1.90. The number of phosphoric ester groups is 2. The molecule has 548 valence electrons. The Labute approximate surface area is 567 Å². The first kappa shape index (κ1) is 90.5. The van der Waals surface area contributed by atoms with Gasteiger partial charge < -0.3 is 33.8 Å². The highest BCUT2D eigenvalue weighted by atomic mass is 31.2. The number of carbonyl (C=O) groups is 4. The van der Waals surface area contributed by atoms with Gasteiger partial charge in [0.05, 0.1) is 26.4 Å². The van der Waals surface area contributed by atoms with Crippen molar-refractivity contribution in [1.29, 1.82) is 0 Å². The standard InChI is InChI=1S/C74H140O17P2/c1-8-10-11-12-13-14-15-16-17-21-24-27-34-43-50-58-74(79)91-70(62-85-72(77)56-49-42-37-36-39-46-53-66(5)6)64-89-93(82,83)87-60-68(75)59-86-92(80,81)88-63-69(61-84-71(76)55-48-41-33-30-29-31-38-45-52-65(3)4)90-73(78)57-51-44-35-28-25-22-19-18-20-23-26-32-40-47-54-67(7)9-2/h14-17,65-70,75H,8-13,18-64H2,1-7H3,(H,80,81)(H,82,83)/b15-14-,17-16-/t67?,68-,69-,70-/m1/s1. The molecule has 93 heavy (non-hydrogen) atoms. The monoisotopic (exact) mass is 1360 g/mol. The molecule has 0 bridgehead atoms. The van der Waals surface area contributed by atoms with Crippen molar-refractivity contribution in [2.75, 3.05) is 39.6 Å². The van der Waals surface area contributed by atoms with Crippen molar-refractivity contribution in [2.45, 2.75) is 369 Å². The second kappa shape index (κ2) is 64.2. The molecule has 0 saturated carbocycles. The molecule has 6 atom stereocenters. The lowest BCUT2D eigenvalue weighted by atomic mass is 9.99. The second-order valence-electron chi connectivity index (χ2n) is 27.2. The van der Waals surface area contributed by atoms with Crippen LogP contribution in [0.1, 0.15) is 350 Å². The molecule has 17 nitrogen and oxygen atoms in total. The number of ether oxygens (including phenoxy) is 4. The summed E-state index contributed by atoms with van der Waals surface area (Å²) < 4.78 is 68.3. The smallest absolute Gasteiger partial charge is 0.462 e. The first-order valence-corrected chi connectivity index (χ1v) is 40.7. The van der Waals surface area contributed by atoms with Crippen molar-refractivity contribution in [3.05, 3.63) is 24.3 Å². The van der Waals surface area contributed by atoms with Gasteiger partial charge in [0.2, 0.25) is 0 Å². The average molecular weight is 1360 g/mol. The molecule has 3 N–H and O–H groups in total. The van der Waals surface area contributed by atoms with Gasteiger partial charge in [-0.05, 0) is 69.1 Å². The summed E-state index contributed by atoms with van der Waals surface area (Å²) in [6, 6.07) is 0. The van der Waals surface area contributed by atoms with Crippen LogP contribution in [0, 0.1) is 17.8 Å². The van der Waals surface area contributed by atoms with Gasteiger partial charge in [-0.15, -0.1) is 0 Å². The maximum atomic E-state index is 13.0. The quantitative estimate of drug-likeness (QED) is 0.0169. The Morgan fingerprint density at radius 1 is 0.355 bits per heavy atom. The van der Waals surface area contributed by atoms with Crippen molar-refractivity contribution < 1.29 is 80.2 Å². The molecule has 0 aromatic carbocycles. The Bertz CT molecular complexity index is 1910. The third-order valence-electron chi connectivity index (χ3n) is 16.9. The summed E-state index contributed by atoms with van der Waals surface area (Å²) in [6.07, 6.45) is 52.3. The van der Waals surface area contributed by atoms with Crippen molar-refractivity contribution in [3.8, 4) is 0 Å². The number of rotatable bonds is 70. The molecular weight excluding hydrogens is 1220 g/mol. The maximum Gasteiger partial charge on any atom is 0.472 e. The molecule has 0 rings (SSSR count). The number of carbonyl (C=O) groups excluding carboxylic acids is 4. The van der Waals surface area contributed by atoms with E-state index in [1.54, 1.807) is 0 Å². The van der Waals surface area contributed by atoms with Crippen LogP contribution in [0.15, 0.2) is 24.3 Å². The summed E-state index contributed by atoms with van der Waals surface area (Å²) in [5.74, 6) is 0.0906. The van der Waals surface area contributed by atoms with Crippen LogP contribution >= 0.6 is 15.6 Å². The van der Waals surface area contributed by atoms with Crippen LogP contribution in [0.4, 0.5) is 0 Å². The van der Waals surface area contributed by atoms with Crippen LogP contribution in [0.3, 0.4) is 0 Å². The van der Waals surface area contributed by atoms with E-state index in [1.165, 1.54) is 141 Å². The fourth-order valence-corrected chi connectivity index (χ4v) is 12.3. The van der Waals surface area contributed by atoms with Gasteiger partial charge in [-0.25, -0.2) is 9.13 Å². The van der Waals surface area contributed by atoms with Gasteiger partial charge in [-0.1, -0.05) is 297 Å². The van der Waals surface area contributed by atoms with Crippen LogP contribution in [-0.4, -0.2) is 96.7 Å². The zero-order chi connectivity index (χ0) is 68.7. The van der Waals surface area contributed by atoms with E-state index >= 15 is 0 Å². The van der Waals surface area contributed by atoms with Crippen LogP contribution in [0.5, 0.6) is 0 Å². The lowest BCUT2D eigenvalue weighted by Crippen LogP contribution is -2.30. The van der Waals surface area contributed by atoms with Crippen LogP contribution in [-0.2, 0) is 65.4 Å². The number of phosphoric acid groups is 2. The van der Waals surface area contributed by atoms with E-state index in [0.29, 0.717) is 31.6 Å². The van der Waals surface area contributed by atoms with Gasteiger partial charge in [-0.2, -0.15) is 0 Å². The topological polar surface area (TPSA) is 237 Å². The summed E-state index contributed by atoms with van der Waals surface area (Å²) in [7, 11) is -9.92. The molecule has 19 heteroatoms. The fourth-order valence-electron chi connectivity index (χ4n) is 10.7. The van der Waals surface area contributed by atoms with Crippen LogP contribution in [0.25, 0.3) is 0 Å². The van der Waals surface area contributed by atoms with Gasteiger partial charge in [0.25, 0.3) is 0 Å². The number of unbranched alkanes of at least 4 members (excludes halogenated alkanes) is 34. The minimum Gasteiger partial charge on any atom is -0.462 e. The largest absolute Gasteiger partial charge is 0.472 e. The second-order valence-corrected chi connectivity index (χ2v) is 30.1. The molecule has 0 aliphatic carbocycles. The predicted octanol–water partition coefficient (Wildman–Crippen LogP) is 21.0. The molecule has 0 aromatic heterocycles. The molecule has 0 spiro atoms. The summed E-state index contributed by atoms with van der Waals surface area (Å²) in [6.45, 7) is 11.7. The molecule has 0 amide bonds. The first-order chi connectivity index (χ1) is 44.8.